The number of aromatic nitrogens is 1. The summed E-state index contributed by atoms with van der Waals surface area (Å²) >= 11 is 0. The molecule has 2 aromatic rings. The second kappa shape index (κ2) is 5.40. The van der Waals surface area contributed by atoms with Crippen LogP contribution in [0.4, 0.5) is 5.69 Å². The summed E-state index contributed by atoms with van der Waals surface area (Å²) in [5.41, 5.74) is 3.00. The van der Waals surface area contributed by atoms with E-state index in [1.165, 1.54) is 7.11 Å². The number of phenols is 1. The van der Waals surface area contributed by atoms with Crippen molar-refractivity contribution in [2.24, 2.45) is 0 Å². The van der Waals surface area contributed by atoms with E-state index in [1.807, 2.05) is 31.2 Å². The summed E-state index contributed by atoms with van der Waals surface area (Å²) in [4.78, 5) is 4.21. The van der Waals surface area contributed by atoms with Crippen molar-refractivity contribution in [3.05, 3.63) is 47.8 Å². The van der Waals surface area contributed by atoms with Crippen LogP contribution >= 0.6 is 0 Å². The van der Waals surface area contributed by atoms with Crippen molar-refractivity contribution in [1.29, 1.82) is 0 Å². The molecule has 4 heteroatoms. The molecule has 4 nitrogen and oxygen atoms in total. The maximum absolute atomic E-state index is 9.51. The van der Waals surface area contributed by atoms with Gasteiger partial charge in [0.05, 0.1) is 18.5 Å². The van der Waals surface area contributed by atoms with Crippen LogP contribution in [0, 0.1) is 6.92 Å². The molecule has 2 N–H and O–H groups in total. The van der Waals surface area contributed by atoms with Gasteiger partial charge in [0, 0.05) is 12.7 Å². The molecule has 0 aliphatic rings. The highest BCUT2D eigenvalue weighted by Gasteiger charge is 2.03. The summed E-state index contributed by atoms with van der Waals surface area (Å²) in [6.45, 7) is 2.61. The smallest absolute Gasteiger partial charge is 0.160 e. The van der Waals surface area contributed by atoms with E-state index in [9.17, 15) is 5.11 Å². The van der Waals surface area contributed by atoms with Gasteiger partial charge in [0.25, 0.3) is 0 Å². The first kappa shape index (κ1) is 12.2. The van der Waals surface area contributed by atoms with E-state index >= 15 is 0 Å². The zero-order valence-corrected chi connectivity index (χ0v) is 10.5. The van der Waals surface area contributed by atoms with E-state index in [1.54, 1.807) is 12.3 Å². The van der Waals surface area contributed by atoms with E-state index in [-0.39, 0.29) is 5.75 Å². The van der Waals surface area contributed by atoms with E-state index in [2.05, 4.69) is 10.3 Å². The van der Waals surface area contributed by atoms with Gasteiger partial charge in [-0.1, -0.05) is 6.07 Å². The fraction of sp³-hybridized carbons (Fsp3) is 0.214. The number of hydrogen-bond acceptors (Lipinski definition) is 4. The number of ether oxygens (including phenoxy) is 1. The Morgan fingerprint density at radius 2 is 2.17 bits per heavy atom. The van der Waals surface area contributed by atoms with Crippen molar-refractivity contribution < 1.29 is 9.84 Å². The largest absolute Gasteiger partial charge is 0.504 e. The molecule has 0 amide bonds. The topological polar surface area (TPSA) is 54.4 Å². The lowest BCUT2D eigenvalue weighted by molar-refractivity contribution is 0.373. The van der Waals surface area contributed by atoms with Gasteiger partial charge in [-0.05, 0) is 36.8 Å². The van der Waals surface area contributed by atoms with Crippen LogP contribution in [0.15, 0.2) is 36.5 Å². The minimum Gasteiger partial charge on any atom is -0.504 e. The van der Waals surface area contributed by atoms with Gasteiger partial charge in [-0.2, -0.15) is 0 Å². The first-order valence-electron chi connectivity index (χ1n) is 5.72. The van der Waals surface area contributed by atoms with Crippen molar-refractivity contribution in [1.82, 2.24) is 4.98 Å². The van der Waals surface area contributed by atoms with Crippen LogP contribution in [0.1, 0.15) is 11.3 Å². The molecule has 0 aliphatic heterocycles. The minimum atomic E-state index is 0.152. The number of phenolic OH excluding ortho intramolecular Hbond substituents is 1. The van der Waals surface area contributed by atoms with Gasteiger partial charge in [0.2, 0.25) is 0 Å². The molecule has 18 heavy (non-hydrogen) atoms. The van der Waals surface area contributed by atoms with Gasteiger partial charge < -0.3 is 15.2 Å². The molecule has 94 valence electrons. The normalized spacial score (nSPS) is 10.1. The molecule has 0 aliphatic carbocycles. The Balaban J connectivity index is 2.09. The molecule has 0 spiro atoms. The Morgan fingerprint density at radius 3 is 2.89 bits per heavy atom. The fourth-order valence-electron chi connectivity index (χ4n) is 1.70. The molecular weight excluding hydrogens is 228 g/mol. The first-order chi connectivity index (χ1) is 8.70. The van der Waals surface area contributed by atoms with Gasteiger partial charge in [-0.3, -0.25) is 4.98 Å². The molecule has 0 fully saturated rings. The summed E-state index contributed by atoms with van der Waals surface area (Å²) in [5, 5.41) is 12.8. The van der Waals surface area contributed by atoms with E-state index in [0.717, 1.165) is 16.9 Å². The van der Waals surface area contributed by atoms with Crippen LogP contribution < -0.4 is 10.1 Å². The molecule has 0 radical (unpaired) electrons. The average molecular weight is 244 g/mol. The number of pyridine rings is 1. The zero-order chi connectivity index (χ0) is 13.0. The number of nitrogens with zero attached hydrogens (tertiary/aromatic N) is 1. The SMILES string of the molecule is COc1cc(CNc2cccnc2C)ccc1O. The van der Waals surface area contributed by atoms with Gasteiger partial charge >= 0.3 is 0 Å². The Kier molecular flexibility index (Phi) is 3.67. The lowest BCUT2D eigenvalue weighted by Crippen LogP contribution is -2.02. The number of aryl methyl sites for hydroxylation is 1. The standard InChI is InChI=1S/C14H16N2O2/c1-10-12(4-3-7-15-10)16-9-11-5-6-13(17)14(8-11)18-2/h3-8,16-17H,9H2,1-2H3. The predicted octanol–water partition coefficient (Wildman–Crippen LogP) is 2.72. The Hall–Kier alpha value is -2.23. The lowest BCUT2D eigenvalue weighted by atomic mass is 10.2. The third kappa shape index (κ3) is 2.71. The van der Waals surface area contributed by atoms with Gasteiger partial charge in [-0.25, -0.2) is 0 Å². The molecule has 0 unspecified atom stereocenters. The predicted molar refractivity (Wildman–Crippen MR) is 71.0 cm³/mol. The van der Waals surface area contributed by atoms with Crippen molar-refractivity contribution in [3.8, 4) is 11.5 Å². The fourth-order valence-corrected chi connectivity index (χ4v) is 1.70. The highest BCUT2D eigenvalue weighted by Crippen LogP contribution is 2.26. The maximum Gasteiger partial charge on any atom is 0.160 e. The van der Waals surface area contributed by atoms with Gasteiger partial charge in [-0.15, -0.1) is 0 Å². The summed E-state index contributed by atoms with van der Waals surface area (Å²) in [5.74, 6) is 0.635. The maximum atomic E-state index is 9.51. The zero-order valence-electron chi connectivity index (χ0n) is 10.5. The van der Waals surface area contributed by atoms with E-state index in [4.69, 9.17) is 4.74 Å². The number of aromatic hydroxyl groups is 1. The molecule has 1 aromatic carbocycles. The third-order valence-corrected chi connectivity index (χ3v) is 2.73. The van der Waals surface area contributed by atoms with Crippen LogP contribution in [-0.2, 0) is 6.54 Å². The Morgan fingerprint density at radius 1 is 1.33 bits per heavy atom. The van der Waals surface area contributed by atoms with Crippen LogP contribution in [-0.4, -0.2) is 17.2 Å². The summed E-state index contributed by atoms with van der Waals surface area (Å²) in [7, 11) is 1.54. The third-order valence-electron chi connectivity index (χ3n) is 2.73. The number of rotatable bonds is 4. The number of anilines is 1. The molecule has 2 rings (SSSR count). The molecular formula is C14H16N2O2. The molecule has 0 saturated heterocycles. The van der Waals surface area contributed by atoms with Crippen molar-refractivity contribution >= 4 is 5.69 Å². The lowest BCUT2D eigenvalue weighted by Gasteiger charge is -2.10. The number of nitrogens with one attached hydrogen (secondary N) is 1. The van der Waals surface area contributed by atoms with Gasteiger partial charge in [0.15, 0.2) is 11.5 Å². The second-order valence-electron chi connectivity index (χ2n) is 4.00. The molecule has 1 aromatic heterocycles. The summed E-state index contributed by atoms with van der Waals surface area (Å²) in [6.07, 6.45) is 1.77. The van der Waals surface area contributed by atoms with E-state index in [0.29, 0.717) is 12.3 Å². The van der Waals surface area contributed by atoms with Crippen LogP contribution in [0.2, 0.25) is 0 Å². The van der Waals surface area contributed by atoms with Crippen LogP contribution in [0.3, 0.4) is 0 Å². The molecule has 0 bridgehead atoms. The number of hydrogen-bond donors (Lipinski definition) is 2. The van der Waals surface area contributed by atoms with Crippen molar-refractivity contribution in [2.75, 3.05) is 12.4 Å². The van der Waals surface area contributed by atoms with Gasteiger partial charge in [0.1, 0.15) is 0 Å². The minimum absolute atomic E-state index is 0.152. The number of methoxy groups -OCH3 is 1. The highest BCUT2D eigenvalue weighted by atomic mass is 16.5. The monoisotopic (exact) mass is 244 g/mol. The summed E-state index contributed by atoms with van der Waals surface area (Å²) < 4.78 is 5.07. The van der Waals surface area contributed by atoms with Crippen molar-refractivity contribution in [3.63, 3.8) is 0 Å². The first-order valence-corrected chi connectivity index (χ1v) is 5.72. The Bertz CT molecular complexity index is 541. The quantitative estimate of drug-likeness (QED) is 0.868. The summed E-state index contributed by atoms with van der Waals surface area (Å²) in [6, 6.07) is 9.18. The van der Waals surface area contributed by atoms with Crippen LogP contribution in [0.5, 0.6) is 11.5 Å². The van der Waals surface area contributed by atoms with Crippen molar-refractivity contribution in [2.45, 2.75) is 13.5 Å². The van der Waals surface area contributed by atoms with Crippen LogP contribution in [0.25, 0.3) is 0 Å². The highest BCUT2D eigenvalue weighted by molar-refractivity contribution is 5.48. The molecule has 1 heterocycles. The number of benzene rings is 1. The molecule has 0 atom stereocenters. The Labute approximate surface area is 106 Å². The average Bonchev–Trinajstić information content (AvgIpc) is 2.39. The second-order valence-corrected chi connectivity index (χ2v) is 4.00. The van der Waals surface area contributed by atoms with E-state index < -0.39 is 0 Å². The molecule has 0 saturated carbocycles.